The van der Waals surface area contributed by atoms with Crippen LogP contribution in [0, 0.1) is 5.92 Å². The zero-order valence-corrected chi connectivity index (χ0v) is 15.5. The van der Waals surface area contributed by atoms with Gasteiger partial charge in [-0.3, -0.25) is 0 Å². The van der Waals surface area contributed by atoms with Crippen molar-refractivity contribution in [1.29, 1.82) is 0 Å². The van der Waals surface area contributed by atoms with Gasteiger partial charge in [-0.25, -0.2) is 0 Å². The molecule has 0 bridgehead atoms. The van der Waals surface area contributed by atoms with Crippen molar-refractivity contribution in [3.8, 4) is 0 Å². The number of hydrogen-bond acceptors (Lipinski definition) is 0. The standard InChI is InChI=1S/C17H35.Na/c1-4-5-6-7-8-9-10-11-12-13-14-15-16-17(2)3;/h17H,2,4-16H2,1,3H3;. The van der Waals surface area contributed by atoms with Gasteiger partial charge in [0.1, 0.15) is 0 Å². The van der Waals surface area contributed by atoms with Gasteiger partial charge in [0.05, 0.1) is 0 Å². The zero-order valence-electron chi connectivity index (χ0n) is 13.5. The molecule has 104 valence electrons. The van der Waals surface area contributed by atoms with E-state index in [-0.39, 0.29) is 0 Å². The molecule has 0 saturated carbocycles. The third-order valence-corrected chi connectivity index (χ3v) is 5.64. The fourth-order valence-corrected chi connectivity index (χ4v) is 2.95. The molecule has 0 aromatic rings. The van der Waals surface area contributed by atoms with Crippen LogP contribution in [-0.4, -0.2) is 27.9 Å². The molecular weight excluding hydrogens is 227 g/mol. The Bertz CT molecular complexity index is 145. The van der Waals surface area contributed by atoms with Gasteiger partial charge in [0.2, 0.25) is 0 Å². The predicted molar refractivity (Wildman–Crippen MR) is 85.4 cm³/mol. The van der Waals surface area contributed by atoms with E-state index in [2.05, 4.69) is 13.8 Å². The summed E-state index contributed by atoms with van der Waals surface area (Å²) >= 11 is 1.39. The molecule has 0 aromatic heterocycles. The summed E-state index contributed by atoms with van der Waals surface area (Å²) in [4.78, 5) is 0. The second kappa shape index (κ2) is 16.1. The molecule has 0 N–H and O–H groups in total. The summed E-state index contributed by atoms with van der Waals surface area (Å²) in [7, 11) is 0. The molecule has 0 fully saturated rings. The summed E-state index contributed by atoms with van der Waals surface area (Å²) in [5, 5.41) is 0. The first kappa shape index (κ1) is 19.0. The van der Waals surface area contributed by atoms with E-state index in [1.54, 1.807) is 0 Å². The molecule has 1 unspecified atom stereocenters. The van der Waals surface area contributed by atoms with E-state index >= 15 is 0 Å². The molecule has 0 aliphatic heterocycles. The number of unbranched alkanes of at least 4 members (excludes halogenated alkanes) is 11. The van der Waals surface area contributed by atoms with E-state index in [0.29, 0.717) is 0 Å². The summed E-state index contributed by atoms with van der Waals surface area (Å²) < 4.78 is 1.50. The summed E-state index contributed by atoms with van der Waals surface area (Å²) in [6.07, 6.45) is 19.2. The van der Waals surface area contributed by atoms with Gasteiger partial charge in [-0.2, -0.15) is 0 Å². The van der Waals surface area contributed by atoms with Gasteiger partial charge >= 0.3 is 109 Å². The minimum absolute atomic E-state index is 1.01. The van der Waals surface area contributed by atoms with Crippen LogP contribution in [0.1, 0.15) is 97.3 Å². The summed E-state index contributed by atoms with van der Waals surface area (Å²) in [6, 6.07) is 0. The Morgan fingerprint density at radius 2 is 1.06 bits per heavy atom. The quantitative estimate of drug-likeness (QED) is 0.254. The first-order valence-electron chi connectivity index (χ1n) is 8.81. The Morgan fingerprint density at radius 1 is 0.667 bits per heavy atom. The van der Waals surface area contributed by atoms with E-state index < -0.39 is 0 Å². The molecule has 18 heavy (non-hydrogen) atoms. The van der Waals surface area contributed by atoms with E-state index in [9.17, 15) is 0 Å². The van der Waals surface area contributed by atoms with Crippen molar-refractivity contribution in [3.63, 3.8) is 0 Å². The number of rotatable bonds is 14. The van der Waals surface area contributed by atoms with Gasteiger partial charge in [0, 0.05) is 0 Å². The third-order valence-electron chi connectivity index (χ3n) is 4.25. The molecule has 0 radical (unpaired) electrons. The van der Waals surface area contributed by atoms with Crippen LogP contribution >= 0.6 is 0 Å². The maximum absolute atomic E-state index is 2.42. The van der Waals surface area contributed by atoms with Crippen molar-refractivity contribution in [2.45, 2.75) is 101 Å². The second-order valence-electron chi connectivity index (χ2n) is 6.19. The fraction of sp³-hybridized carbons (Fsp3) is 1.00. The van der Waals surface area contributed by atoms with Crippen LogP contribution in [0.5, 0.6) is 0 Å². The first-order chi connectivity index (χ1) is 8.81. The Labute approximate surface area is 134 Å². The SMILES string of the molecule is CCCCCCCCCCCCCCC(C)[CH2][Na]. The van der Waals surface area contributed by atoms with Crippen LogP contribution in [0.4, 0.5) is 0 Å². The average molecular weight is 262 g/mol. The molecule has 1 heteroatoms. The number of hydrogen-bond donors (Lipinski definition) is 0. The Balaban J connectivity index is 2.94. The summed E-state index contributed by atoms with van der Waals surface area (Å²) in [6.45, 7) is 4.72. The Hall–Kier alpha value is 1.00. The molecular formula is C17H35Na. The predicted octanol–water partition coefficient (Wildman–Crippen LogP) is 6.30. The van der Waals surface area contributed by atoms with Crippen LogP contribution in [0.3, 0.4) is 0 Å². The van der Waals surface area contributed by atoms with E-state index in [1.807, 2.05) is 0 Å². The van der Waals surface area contributed by atoms with Crippen LogP contribution < -0.4 is 0 Å². The fourth-order valence-electron chi connectivity index (χ4n) is 2.54. The van der Waals surface area contributed by atoms with Gasteiger partial charge in [-0.05, 0) is 0 Å². The Kier molecular flexibility index (Phi) is 16.9. The maximum atomic E-state index is 2.42. The van der Waals surface area contributed by atoms with Crippen LogP contribution in [0.15, 0.2) is 0 Å². The van der Waals surface area contributed by atoms with Gasteiger partial charge in [0.25, 0.3) is 0 Å². The molecule has 0 aliphatic carbocycles. The Morgan fingerprint density at radius 3 is 1.44 bits per heavy atom. The van der Waals surface area contributed by atoms with Crippen LogP contribution in [0.2, 0.25) is 3.67 Å². The van der Waals surface area contributed by atoms with Crippen molar-refractivity contribution in [2.24, 2.45) is 5.92 Å². The van der Waals surface area contributed by atoms with Gasteiger partial charge in [0.15, 0.2) is 0 Å². The van der Waals surface area contributed by atoms with Crippen LogP contribution in [0.25, 0.3) is 0 Å². The second-order valence-corrected chi connectivity index (χ2v) is 7.01. The van der Waals surface area contributed by atoms with Crippen molar-refractivity contribution in [1.82, 2.24) is 0 Å². The third kappa shape index (κ3) is 15.1. The van der Waals surface area contributed by atoms with Crippen molar-refractivity contribution in [3.05, 3.63) is 0 Å². The molecule has 0 nitrogen and oxygen atoms in total. The molecule has 0 heterocycles. The molecule has 0 aliphatic rings. The van der Waals surface area contributed by atoms with E-state index in [4.69, 9.17) is 0 Å². The van der Waals surface area contributed by atoms with Crippen LogP contribution in [-0.2, 0) is 0 Å². The normalized spacial score (nSPS) is 12.9. The summed E-state index contributed by atoms with van der Waals surface area (Å²) in [5.41, 5.74) is 0. The zero-order chi connectivity index (χ0) is 13.5. The summed E-state index contributed by atoms with van der Waals surface area (Å²) in [5.74, 6) is 1.01. The van der Waals surface area contributed by atoms with E-state index in [0.717, 1.165) is 5.92 Å². The molecule has 0 aromatic carbocycles. The average Bonchev–Trinajstić information content (AvgIpc) is 2.39. The van der Waals surface area contributed by atoms with E-state index in [1.165, 1.54) is 115 Å². The van der Waals surface area contributed by atoms with Crippen molar-refractivity contribution < 1.29 is 0 Å². The monoisotopic (exact) mass is 262 g/mol. The van der Waals surface area contributed by atoms with Crippen molar-refractivity contribution in [2.75, 3.05) is 0 Å². The van der Waals surface area contributed by atoms with Gasteiger partial charge in [-0.15, -0.1) is 0 Å². The molecule has 0 spiro atoms. The topological polar surface area (TPSA) is 0 Å². The van der Waals surface area contributed by atoms with Crippen molar-refractivity contribution >= 4 is 27.9 Å². The molecule has 0 saturated heterocycles. The van der Waals surface area contributed by atoms with Gasteiger partial charge < -0.3 is 0 Å². The minimum atomic E-state index is 1.01. The molecule has 1 atom stereocenters. The first-order valence-corrected chi connectivity index (χ1v) is 10.2. The van der Waals surface area contributed by atoms with Gasteiger partial charge in [-0.1, -0.05) is 26.2 Å². The molecule has 0 amide bonds. The molecule has 0 rings (SSSR count).